The van der Waals surface area contributed by atoms with Crippen LogP contribution in [0.1, 0.15) is 84.5 Å². The van der Waals surface area contributed by atoms with Gasteiger partial charge in [-0.3, -0.25) is 14.5 Å². The lowest BCUT2D eigenvalue weighted by atomic mass is 9.80. The number of aromatic nitrogens is 3. The highest BCUT2D eigenvalue weighted by Crippen LogP contribution is 2.45. The molecule has 5 N–H and O–H groups in total. The number of aliphatic carboxylic acids is 2. The highest BCUT2D eigenvalue weighted by Gasteiger charge is 2.50. The summed E-state index contributed by atoms with van der Waals surface area (Å²) in [6.07, 6.45) is -15.2. The number of alkyl halides is 9. The number of benzene rings is 1. The molecule has 0 fully saturated rings. The van der Waals surface area contributed by atoms with Gasteiger partial charge in [-0.1, -0.05) is 6.92 Å². The van der Waals surface area contributed by atoms with E-state index in [0.29, 0.717) is 49.2 Å². The number of hydrogen-bond acceptors (Lipinski definition) is 9. The van der Waals surface area contributed by atoms with Crippen molar-refractivity contribution in [1.29, 1.82) is 0 Å². The highest BCUT2D eigenvalue weighted by molar-refractivity contribution is 5.89. The van der Waals surface area contributed by atoms with E-state index in [-0.39, 0.29) is 65.9 Å². The zero-order chi connectivity index (χ0) is 43.1. The van der Waals surface area contributed by atoms with Gasteiger partial charge in [0.1, 0.15) is 17.2 Å². The van der Waals surface area contributed by atoms with Crippen LogP contribution in [0.3, 0.4) is 0 Å². The first-order chi connectivity index (χ1) is 26.3. The van der Waals surface area contributed by atoms with Crippen molar-refractivity contribution in [1.82, 2.24) is 15.0 Å². The van der Waals surface area contributed by atoms with Crippen LogP contribution in [0.5, 0.6) is 0 Å². The van der Waals surface area contributed by atoms with E-state index in [2.05, 4.69) is 15.0 Å². The summed E-state index contributed by atoms with van der Waals surface area (Å²) in [5, 5.41) is 26.6. The number of rotatable bonds is 13. The van der Waals surface area contributed by atoms with Gasteiger partial charge in [0, 0.05) is 53.0 Å². The summed E-state index contributed by atoms with van der Waals surface area (Å²) in [6.45, 7) is 2.29. The number of carboxylic acids is 2. The first kappa shape index (κ1) is 46.1. The number of fused-ring (bicyclic) bond motifs is 1. The van der Waals surface area contributed by atoms with Gasteiger partial charge in [-0.2, -0.15) is 39.5 Å². The van der Waals surface area contributed by atoms with Crippen molar-refractivity contribution in [2.75, 3.05) is 37.1 Å². The molecule has 0 saturated heterocycles. The van der Waals surface area contributed by atoms with Crippen LogP contribution in [0.4, 0.5) is 55.7 Å². The maximum Gasteiger partial charge on any atom is 0.433 e. The molecule has 57 heavy (non-hydrogen) atoms. The predicted molar refractivity (Wildman–Crippen MR) is 184 cm³/mol. The normalized spacial score (nSPS) is 17.0. The van der Waals surface area contributed by atoms with Gasteiger partial charge in [-0.15, -0.1) is 0 Å². The van der Waals surface area contributed by atoms with Crippen LogP contribution >= 0.6 is 0 Å². The molecule has 4 rings (SSSR count). The maximum atomic E-state index is 13.5. The fourth-order valence-corrected chi connectivity index (χ4v) is 5.92. The fourth-order valence-electron chi connectivity index (χ4n) is 5.92. The molecule has 2 aromatic heterocycles. The van der Waals surface area contributed by atoms with Gasteiger partial charge >= 0.3 is 36.6 Å². The quantitative estimate of drug-likeness (QED) is 0.100. The van der Waals surface area contributed by atoms with Crippen LogP contribution in [0.25, 0.3) is 0 Å². The molecule has 3 aromatic rings. The van der Waals surface area contributed by atoms with Crippen molar-refractivity contribution in [2.45, 2.75) is 82.0 Å². The molecule has 0 saturated carbocycles. The summed E-state index contributed by atoms with van der Waals surface area (Å²) in [5.41, 5.74) is -0.197. The number of nitrogens with zero attached hydrogens (tertiary/aromatic N) is 5. The SMILES string of the molecule is CCC1(N)C(c2ncc(N(C)C)c(Cc3cc(C(F)(F)F)cc(C(F)(F)F)c3)n2)Cc2nc(C(F)(F)F)ccc2N1C(=O)O.O=C(O)CCCOCCCC(=O)O. The minimum atomic E-state index is -5.09. The number of ether oxygens (including phenoxy) is 1. The summed E-state index contributed by atoms with van der Waals surface area (Å²) < 4.78 is 126. The third-order valence-corrected chi connectivity index (χ3v) is 8.69. The Labute approximate surface area is 319 Å². The Kier molecular flexibility index (Phi) is 14.8. The van der Waals surface area contributed by atoms with Crippen LogP contribution < -0.4 is 15.5 Å². The van der Waals surface area contributed by atoms with Gasteiger partial charge in [-0.05, 0) is 55.2 Å². The zero-order valence-electron chi connectivity index (χ0n) is 30.6. The third-order valence-electron chi connectivity index (χ3n) is 8.69. The lowest BCUT2D eigenvalue weighted by Crippen LogP contribution is -2.64. The number of hydrogen-bond donors (Lipinski definition) is 4. The van der Waals surface area contributed by atoms with Crippen molar-refractivity contribution in [2.24, 2.45) is 5.73 Å². The number of anilines is 2. The molecule has 3 heterocycles. The van der Waals surface area contributed by atoms with Crippen LogP contribution in [-0.2, 0) is 45.7 Å². The van der Waals surface area contributed by atoms with E-state index >= 15 is 0 Å². The molecule has 13 nitrogen and oxygen atoms in total. The lowest BCUT2D eigenvalue weighted by Gasteiger charge is -2.47. The van der Waals surface area contributed by atoms with Gasteiger partial charge in [0.25, 0.3) is 0 Å². The Bertz CT molecular complexity index is 1860. The summed E-state index contributed by atoms with van der Waals surface area (Å²) >= 11 is 0. The monoisotopic (exact) mass is 826 g/mol. The minimum absolute atomic E-state index is 0.00600. The second-order valence-corrected chi connectivity index (χ2v) is 13.0. The van der Waals surface area contributed by atoms with Gasteiger partial charge in [-0.25, -0.2) is 19.7 Å². The Morgan fingerprint density at radius 1 is 0.877 bits per heavy atom. The molecule has 1 amide bonds. The second-order valence-electron chi connectivity index (χ2n) is 13.0. The van der Waals surface area contributed by atoms with E-state index in [1.165, 1.54) is 32.1 Å². The van der Waals surface area contributed by atoms with E-state index < -0.39 is 71.4 Å². The third kappa shape index (κ3) is 12.1. The van der Waals surface area contributed by atoms with Gasteiger partial charge in [0.15, 0.2) is 0 Å². The predicted octanol–water partition coefficient (Wildman–Crippen LogP) is 7.21. The summed E-state index contributed by atoms with van der Waals surface area (Å²) in [6, 6.07) is 2.67. The molecule has 1 aliphatic heterocycles. The maximum absolute atomic E-state index is 13.5. The van der Waals surface area contributed by atoms with E-state index in [9.17, 15) is 59.0 Å². The number of amides is 1. The minimum Gasteiger partial charge on any atom is -0.481 e. The molecule has 2 unspecified atom stereocenters. The van der Waals surface area contributed by atoms with Crippen LogP contribution in [0.15, 0.2) is 36.5 Å². The van der Waals surface area contributed by atoms with Gasteiger partial charge in [0.05, 0.1) is 46.0 Å². The van der Waals surface area contributed by atoms with E-state index in [1.54, 1.807) is 0 Å². The molecular formula is C35H39F9N6O7. The van der Waals surface area contributed by atoms with E-state index in [0.717, 1.165) is 6.07 Å². The molecule has 2 atom stereocenters. The standard InChI is InChI=1S/C27H25F9N6O2.C8H14O5/c1-4-24(37)16(11-18-19(42(24)23(43)44)5-6-21(39-18)27(34,35)36)22-38-12-20(41(2)3)17(40-22)9-13-7-14(25(28,29)30)10-15(8-13)26(31,32)33;9-7(10)3-1-5-13-6-2-4-8(11)12/h5-8,10,12,16H,4,9,11,37H2,1-3H3,(H,43,44);1-6H2,(H,9,10)(H,11,12). The Morgan fingerprint density at radius 2 is 1.42 bits per heavy atom. The van der Waals surface area contributed by atoms with Crippen LogP contribution in [0, 0.1) is 0 Å². The Morgan fingerprint density at radius 3 is 1.86 bits per heavy atom. The lowest BCUT2D eigenvalue weighted by molar-refractivity contribution is -0.143. The molecule has 0 radical (unpaired) electrons. The number of halogens is 9. The van der Waals surface area contributed by atoms with Crippen molar-refractivity contribution in [3.8, 4) is 0 Å². The molecule has 22 heteroatoms. The fraction of sp³-hybridized carbons (Fsp3) is 0.486. The zero-order valence-corrected chi connectivity index (χ0v) is 30.6. The van der Waals surface area contributed by atoms with Crippen molar-refractivity contribution in [3.05, 3.63) is 76.1 Å². The molecule has 1 aromatic carbocycles. The molecule has 0 aliphatic carbocycles. The van der Waals surface area contributed by atoms with Crippen molar-refractivity contribution >= 4 is 29.4 Å². The Balaban J connectivity index is 0.000000573. The topological polar surface area (TPSA) is 192 Å². The number of carboxylic acid groups (broad SMARTS) is 3. The van der Waals surface area contributed by atoms with Crippen molar-refractivity contribution < 1.29 is 74.0 Å². The van der Waals surface area contributed by atoms with Crippen molar-refractivity contribution in [3.63, 3.8) is 0 Å². The Hall–Kier alpha value is -5.25. The van der Waals surface area contributed by atoms with E-state index in [1.807, 2.05) is 0 Å². The summed E-state index contributed by atoms with van der Waals surface area (Å²) in [7, 11) is 3.06. The summed E-state index contributed by atoms with van der Waals surface area (Å²) in [4.78, 5) is 46.9. The first-order valence-electron chi connectivity index (χ1n) is 17.0. The summed E-state index contributed by atoms with van der Waals surface area (Å²) in [5.74, 6) is -3.08. The van der Waals surface area contributed by atoms with Gasteiger partial charge in [0.2, 0.25) is 0 Å². The average molecular weight is 827 g/mol. The molecule has 314 valence electrons. The second kappa shape index (κ2) is 18.3. The van der Waals surface area contributed by atoms with Crippen LogP contribution in [-0.4, -0.2) is 81.3 Å². The molecule has 0 spiro atoms. The number of nitrogens with two attached hydrogens (primary N) is 1. The van der Waals surface area contributed by atoms with E-state index in [4.69, 9.17) is 20.7 Å². The largest absolute Gasteiger partial charge is 0.481 e. The van der Waals surface area contributed by atoms with Gasteiger partial charge < -0.3 is 30.7 Å². The molecule has 1 aliphatic rings. The average Bonchev–Trinajstić information content (AvgIpc) is 3.09. The number of pyridine rings is 1. The molecule has 0 bridgehead atoms. The number of carbonyl (C=O) groups is 3. The highest BCUT2D eigenvalue weighted by atomic mass is 19.4. The van der Waals surface area contributed by atoms with Crippen LogP contribution in [0.2, 0.25) is 0 Å². The molecular weight excluding hydrogens is 787 g/mol. The smallest absolute Gasteiger partial charge is 0.433 e. The first-order valence-corrected chi connectivity index (χ1v) is 17.0.